The van der Waals surface area contributed by atoms with Gasteiger partial charge in [0, 0.05) is 38.6 Å². The third-order valence-corrected chi connectivity index (χ3v) is 8.20. The highest BCUT2D eigenvalue weighted by atomic mass is 35.5. The number of aliphatic hydroxyl groups excluding tert-OH is 1. The van der Waals surface area contributed by atoms with Crippen LogP contribution in [0.1, 0.15) is 29.6 Å². The number of carbonyl (C=O) groups excluding carboxylic acids is 1. The van der Waals surface area contributed by atoms with E-state index in [0.717, 1.165) is 18.2 Å². The fourth-order valence-electron chi connectivity index (χ4n) is 3.71. The second kappa shape index (κ2) is 10.2. The van der Waals surface area contributed by atoms with Gasteiger partial charge in [0.15, 0.2) is 11.6 Å². The minimum absolute atomic E-state index is 0.0277. The number of hydrogen-bond acceptors (Lipinski definition) is 5. The van der Waals surface area contributed by atoms with Gasteiger partial charge in [0.05, 0.1) is 26.1 Å². The summed E-state index contributed by atoms with van der Waals surface area (Å²) < 4.78 is 60.1. The molecule has 2 N–H and O–H groups in total. The topological polar surface area (TPSA) is 95.9 Å². The molecule has 2 aromatic rings. The fraction of sp³-hybridized carbons (Fsp3) is 0.381. The van der Waals surface area contributed by atoms with Gasteiger partial charge in [0.25, 0.3) is 5.91 Å². The summed E-state index contributed by atoms with van der Waals surface area (Å²) in [5.41, 5.74) is -0.872. The molecule has 0 aliphatic carbocycles. The molecule has 0 bridgehead atoms. The van der Waals surface area contributed by atoms with Crippen molar-refractivity contribution in [1.82, 2.24) is 4.31 Å². The predicted molar refractivity (Wildman–Crippen MR) is 120 cm³/mol. The largest absolute Gasteiger partial charge is 0.396 e. The first-order valence-corrected chi connectivity index (χ1v) is 12.1. The van der Waals surface area contributed by atoms with Gasteiger partial charge in [-0.3, -0.25) is 4.79 Å². The van der Waals surface area contributed by atoms with Crippen molar-refractivity contribution >= 4 is 44.8 Å². The standard InChI is InChI=1S/C21H22Cl2F2N2O5S/c1-32-21(6-9-28)4-7-27(8-5-21)33(30,31)14-2-3-16(22)15(12-14)20(29)26-13-10-17(23)19(25)18(24)11-13/h2-3,10-12,28H,4-9H2,1H3,(H,26,29). The highest BCUT2D eigenvalue weighted by Crippen LogP contribution is 2.32. The summed E-state index contributed by atoms with van der Waals surface area (Å²) in [5.74, 6) is -3.32. The molecular formula is C21H22Cl2F2N2O5S. The van der Waals surface area contributed by atoms with E-state index in [2.05, 4.69) is 5.32 Å². The summed E-state index contributed by atoms with van der Waals surface area (Å²) in [6, 6.07) is 5.45. The van der Waals surface area contributed by atoms with Crippen molar-refractivity contribution < 1.29 is 31.8 Å². The molecule has 7 nitrogen and oxygen atoms in total. The zero-order chi connectivity index (χ0) is 24.4. The molecule has 0 unspecified atom stereocenters. The number of nitrogens with one attached hydrogen (secondary N) is 1. The third kappa shape index (κ3) is 5.47. The molecule has 180 valence electrons. The van der Waals surface area contributed by atoms with E-state index in [9.17, 15) is 27.1 Å². The van der Waals surface area contributed by atoms with Gasteiger partial charge in [-0.1, -0.05) is 23.2 Å². The van der Waals surface area contributed by atoms with Gasteiger partial charge in [-0.25, -0.2) is 17.2 Å². The molecule has 0 radical (unpaired) electrons. The molecule has 1 saturated heterocycles. The maximum absolute atomic E-state index is 13.6. The molecule has 0 spiro atoms. The van der Waals surface area contributed by atoms with Crippen molar-refractivity contribution in [1.29, 1.82) is 0 Å². The molecule has 1 amide bonds. The summed E-state index contributed by atoms with van der Waals surface area (Å²) in [4.78, 5) is 12.5. The van der Waals surface area contributed by atoms with E-state index in [4.69, 9.17) is 27.9 Å². The van der Waals surface area contributed by atoms with E-state index < -0.39 is 38.2 Å². The number of ether oxygens (including phenoxy) is 1. The Hall–Kier alpha value is -1.82. The number of sulfonamides is 1. The first kappa shape index (κ1) is 25.8. The van der Waals surface area contributed by atoms with Crippen LogP contribution in [0.4, 0.5) is 14.5 Å². The second-order valence-electron chi connectivity index (χ2n) is 7.61. The minimum Gasteiger partial charge on any atom is -0.396 e. The summed E-state index contributed by atoms with van der Waals surface area (Å²) in [6.45, 7) is 0.279. The average molecular weight is 523 g/mol. The Bertz CT molecular complexity index is 1130. The number of halogens is 4. The molecular weight excluding hydrogens is 501 g/mol. The molecule has 0 atom stereocenters. The van der Waals surface area contributed by atoms with Crippen molar-refractivity contribution in [2.75, 3.05) is 32.1 Å². The van der Waals surface area contributed by atoms with Crippen LogP contribution in [-0.4, -0.2) is 56.1 Å². The number of carbonyl (C=O) groups is 1. The van der Waals surface area contributed by atoms with E-state index in [-0.39, 0.29) is 40.9 Å². The minimum atomic E-state index is -3.95. The van der Waals surface area contributed by atoms with Crippen molar-refractivity contribution in [2.24, 2.45) is 0 Å². The molecule has 0 saturated carbocycles. The Balaban J connectivity index is 1.83. The number of rotatable bonds is 7. The first-order valence-electron chi connectivity index (χ1n) is 9.94. The van der Waals surface area contributed by atoms with E-state index >= 15 is 0 Å². The number of benzene rings is 2. The Morgan fingerprint density at radius 3 is 2.42 bits per heavy atom. The van der Waals surface area contributed by atoms with E-state index in [1.54, 1.807) is 0 Å². The molecule has 3 rings (SSSR count). The lowest BCUT2D eigenvalue weighted by Crippen LogP contribution is -2.48. The number of anilines is 1. The SMILES string of the molecule is COC1(CCO)CCN(S(=O)(=O)c2ccc(Cl)c(C(=O)Nc3cc(F)c(F)c(Cl)c3)c2)CC1. The van der Waals surface area contributed by atoms with Crippen LogP contribution in [0.15, 0.2) is 35.2 Å². The van der Waals surface area contributed by atoms with Crippen LogP contribution in [0.5, 0.6) is 0 Å². The Morgan fingerprint density at radius 1 is 1.18 bits per heavy atom. The van der Waals surface area contributed by atoms with E-state index in [1.807, 2.05) is 0 Å². The normalized spacial score (nSPS) is 16.5. The fourth-order valence-corrected chi connectivity index (χ4v) is 5.59. The summed E-state index contributed by atoms with van der Waals surface area (Å²) >= 11 is 11.7. The van der Waals surface area contributed by atoms with Crippen LogP contribution in [0.3, 0.4) is 0 Å². The van der Waals surface area contributed by atoms with Crippen molar-refractivity contribution in [3.8, 4) is 0 Å². The number of hydrogen-bond donors (Lipinski definition) is 2. The van der Waals surface area contributed by atoms with E-state index in [0.29, 0.717) is 19.3 Å². The average Bonchev–Trinajstić information content (AvgIpc) is 2.78. The molecule has 1 aliphatic rings. The molecule has 0 aromatic heterocycles. The van der Waals surface area contributed by atoms with Crippen molar-refractivity contribution in [3.63, 3.8) is 0 Å². The van der Waals surface area contributed by atoms with Gasteiger partial charge < -0.3 is 15.2 Å². The Kier molecular flexibility index (Phi) is 7.98. The van der Waals surface area contributed by atoms with Gasteiger partial charge in [-0.2, -0.15) is 4.31 Å². The maximum atomic E-state index is 13.6. The quantitative estimate of drug-likeness (QED) is 0.534. The lowest BCUT2D eigenvalue weighted by molar-refractivity contribution is -0.0598. The summed E-state index contributed by atoms with van der Waals surface area (Å²) in [5, 5.41) is 11.1. The van der Waals surface area contributed by atoms with Crippen LogP contribution < -0.4 is 5.32 Å². The van der Waals surface area contributed by atoms with Gasteiger partial charge >= 0.3 is 0 Å². The maximum Gasteiger partial charge on any atom is 0.257 e. The Labute approximate surface area is 200 Å². The number of methoxy groups -OCH3 is 1. The van der Waals surface area contributed by atoms with Crippen LogP contribution in [0, 0.1) is 11.6 Å². The van der Waals surface area contributed by atoms with Crippen molar-refractivity contribution in [2.45, 2.75) is 29.8 Å². The number of nitrogens with zero attached hydrogens (tertiary/aromatic N) is 1. The van der Waals surface area contributed by atoms with Gasteiger partial charge in [0.1, 0.15) is 0 Å². The molecule has 2 aromatic carbocycles. The lowest BCUT2D eigenvalue weighted by Gasteiger charge is -2.40. The Morgan fingerprint density at radius 2 is 1.85 bits per heavy atom. The second-order valence-corrected chi connectivity index (χ2v) is 10.4. The lowest BCUT2D eigenvalue weighted by atomic mass is 9.89. The molecule has 33 heavy (non-hydrogen) atoms. The number of piperidine rings is 1. The van der Waals surface area contributed by atoms with Gasteiger partial charge in [-0.05, 0) is 43.5 Å². The molecule has 1 fully saturated rings. The van der Waals surface area contributed by atoms with Crippen molar-refractivity contribution in [3.05, 3.63) is 57.6 Å². The van der Waals surface area contributed by atoms with Crippen LogP contribution in [-0.2, 0) is 14.8 Å². The highest BCUT2D eigenvalue weighted by molar-refractivity contribution is 7.89. The van der Waals surface area contributed by atoms with Crippen LogP contribution in [0.2, 0.25) is 10.0 Å². The zero-order valence-corrected chi connectivity index (χ0v) is 19.9. The van der Waals surface area contributed by atoms with E-state index in [1.165, 1.54) is 23.5 Å². The van der Waals surface area contributed by atoms with Gasteiger partial charge in [0.2, 0.25) is 10.0 Å². The smallest absolute Gasteiger partial charge is 0.257 e. The number of amides is 1. The zero-order valence-electron chi connectivity index (χ0n) is 17.6. The van der Waals surface area contributed by atoms with Crippen LogP contribution >= 0.6 is 23.2 Å². The number of aliphatic hydroxyl groups is 1. The monoisotopic (exact) mass is 522 g/mol. The molecule has 1 aliphatic heterocycles. The summed E-state index contributed by atoms with van der Waals surface area (Å²) in [7, 11) is -2.42. The predicted octanol–water partition coefficient (Wildman–Crippen LogP) is 4.08. The third-order valence-electron chi connectivity index (χ3n) is 5.70. The first-order chi connectivity index (χ1) is 15.5. The molecule has 1 heterocycles. The molecule has 12 heteroatoms. The summed E-state index contributed by atoms with van der Waals surface area (Å²) in [6.07, 6.45) is 1.21. The van der Waals surface area contributed by atoms with Crippen LogP contribution in [0.25, 0.3) is 0 Å². The highest BCUT2D eigenvalue weighted by Gasteiger charge is 2.38. The van der Waals surface area contributed by atoms with Gasteiger partial charge in [-0.15, -0.1) is 0 Å².